The SMILES string of the molecule is CC(=O)N1CCN(C(=O)c2cnc(-c3cccc(C)c3)nc2N2CCCCC2)CC1. The zero-order valence-corrected chi connectivity index (χ0v) is 17.8. The lowest BCUT2D eigenvalue weighted by Gasteiger charge is -2.35. The van der Waals surface area contributed by atoms with Gasteiger partial charge in [0.15, 0.2) is 5.82 Å². The molecule has 2 amide bonds. The quantitative estimate of drug-likeness (QED) is 0.783. The van der Waals surface area contributed by atoms with E-state index in [-0.39, 0.29) is 11.8 Å². The van der Waals surface area contributed by atoms with Crippen molar-refractivity contribution in [1.82, 2.24) is 19.8 Å². The molecule has 2 saturated heterocycles. The van der Waals surface area contributed by atoms with Crippen LogP contribution in [0.15, 0.2) is 30.5 Å². The predicted octanol–water partition coefficient (Wildman–Crippen LogP) is 2.75. The highest BCUT2D eigenvalue weighted by Gasteiger charge is 2.28. The molecule has 0 saturated carbocycles. The highest BCUT2D eigenvalue weighted by molar-refractivity contribution is 5.99. The lowest BCUT2D eigenvalue weighted by atomic mass is 10.1. The topological polar surface area (TPSA) is 69.6 Å². The van der Waals surface area contributed by atoms with Crippen LogP contribution in [0.2, 0.25) is 0 Å². The number of carbonyl (C=O) groups excluding carboxylic acids is 2. The lowest BCUT2D eigenvalue weighted by Crippen LogP contribution is -2.50. The molecule has 30 heavy (non-hydrogen) atoms. The Morgan fingerprint density at radius 1 is 0.933 bits per heavy atom. The maximum absolute atomic E-state index is 13.4. The van der Waals surface area contributed by atoms with E-state index in [2.05, 4.69) is 16.0 Å². The maximum atomic E-state index is 13.4. The molecule has 0 atom stereocenters. The van der Waals surface area contributed by atoms with Gasteiger partial charge in [-0.1, -0.05) is 23.8 Å². The number of carbonyl (C=O) groups is 2. The Morgan fingerprint density at radius 2 is 1.63 bits per heavy atom. The van der Waals surface area contributed by atoms with E-state index < -0.39 is 0 Å². The number of aryl methyl sites for hydroxylation is 1. The average molecular weight is 408 g/mol. The Hall–Kier alpha value is -2.96. The first-order valence-corrected chi connectivity index (χ1v) is 10.8. The van der Waals surface area contributed by atoms with E-state index in [4.69, 9.17) is 4.98 Å². The highest BCUT2D eigenvalue weighted by Crippen LogP contribution is 2.27. The fourth-order valence-corrected chi connectivity index (χ4v) is 4.19. The minimum absolute atomic E-state index is 0.0467. The first-order chi connectivity index (χ1) is 14.5. The lowest BCUT2D eigenvalue weighted by molar-refractivity contribution is -0.130. The first-order valence-electron chi connectivity index (χ1n) is 10.8. The van der Waals surface area contributed by atoms with Crippen LogP contribution in [0.1, 0.15) is 42.1 Å². The molecule has 158 valence electrons. The molecule has 0 aliphatic carbocycles. The Kier molecular flexibility index (Phi) is 5.97. The molecule has 1 aromatic heterocycles. The first kappa shape index (κ1) is 20.3. The number of amides is 2. The molecular formula is C23H29N5O2. The van der Waals surface area contributed by atoms with Gasteiger partial charge in [0.2, 0.25) is 5.91 Å². The number of piperazine rings is 1. The van der Waals surface area contributed by atoms with Crippen LogP contribution in [0.25, 0.3) is 11.4 Å². The predicted molar refractivity (Wildman–Crippen MR) is 116 cm³/mol. The fraction of sp³-hybridized carbons (Fsp3) is 0.478. The van der Waals surface area contributed by atoms with Crippen molar-refractivity contribution in [2.75, 3.05) is 44.2 Å². The summed E-state index contributed by atoms with van der Waals surface area (Å²) in [4.78, 5) is 40.2. The van der Waals surface area contributed by atoms with Gasteiger partial charge in [0.25, 0.3) is 5.91 Å². The van der Waals surface area contributed by atoms with E-state index in [1.165, 1.54) is 6.42 Å². The summed E-state index contributed by atoms with van der Waals surface area (Å²) in [6.45, 7) is 7.66. The van der Waals surface area contributed by atoms with E-state index in [0.29, 0.717) is 37.6 Å². The van der Waals surface area contributed by atoms with Crippen LogP contribution in [0, 0.1) is 6.92 Å². The number of rotatable bonds is 3. The normalized spacial score (nSPS) is 17.2. The Labute approximate surface area is 177 Å². The molecule has 1 aromatic carbocycles. The molecule has 2 fully saturated rings. The summed E-state index contributed by atoms with van der Waals surface area (Å²) < 4.78 is 0. The van der Waals surface area contributed by atoms with Gasteiger partial charge < -0.3 is 14.7 Å². The molecule has 4 rings (SSSR count). The van der Waals surface area contributed by atoms with Crippen LogP contribution in [-0.4, -0.2) is 70.9 Å². The molecule has 0 spiro atoms. The van der Waals surface area contributed by atoms with Crippen molar-refractivity contribution in [1.29, 1.82) is 0 Å². The molecule has 0 N–H and O–H groups in total. The minimum Gasteiger partial charge on any atom is -0.356 e. The molecule has 3 heterocycles. The van der Waals surface area contributed by atoms with E-state index in [0.717, 1.165) is 42.9 Å². The van der Waals surface area contributed by atoms with E-state index in [1.807, 2.05) is 30.0 Å². The molecule has 2 aliphatic heterocycles. The van der Waals surface area contributed by atoms with Gasteiger partial charge in [0.05, 0.1) is 0 Å². The highest BCUT2D eigenvalue weighted by atomic mass is 16.2. The molecule has 7 heteroatoms. The van der Waals surface area contributed by atoms with Crippen molar-refractivity contribution >= 4 is 17.6 Å². The average Bonchev–Trinajstić information content (AvgIpc) is 2.79. The molecule has 0 radical (unpaired) electrons. The second kappa shape index (κ2) is 8.81. The monoisotopic (exact) mass is 407 g/mol. The van der Waals surface area contributed by atoms with Crippen LogP contribution in [-0.2, 0) is 4.79 Å². The van der Waals surface area contributed by atoms with Gasteiger partial charge in [-0.3, -0.25) is 9.59 Å². The molecule has 0 bridgehead atoms. The number of anilines is 1. The summed E-state index contributed by atoms with van der Waals surface area (Å²) >= 11 is 0. The molecule has 7 nitrogen and oxygen atoms in total. The van der Waals surface area contributed by atoms with Crippen molar-refractivity contribution in [3.05, 3.63) is 41.6 Å². The summed E-state index contributed by atoms with van der Waals surface area (Å²) in [7, 11) is 0. The van der Waals surface area contributed by atoms with E-state index in [9.17, 15) is 9.59 Å². The fourth-order valence-electron chi connectivity index (χ4n) is 4.19. The standard InChI is InChI=1S/C23H29N5O2/c1-17-7-6-8-19(15-17)21-24-16-20(22(25-21)27-9-4-3-5-10-27)23(30)28-13-11-26(12-14-28)18(2)29/h6-8,15-16H,3-5,9-14H2,1-2H3. The van der Waals surface area contributed by atoms with Gasteiger partial charge in [0.1, 0.15) is 11.4 Å². The smallest absolute Gasteiger partial charge is 0.259 e. The molecule has 2 aromatic rings. The second-order valence-corrected chi connectivity index (χ2v) is 8.15. The molecule has 2 aliphatic rings. The van der Waals surface area contributed by atoms with Gasteiger partial charge in [-0.2, -0.15) is 0 Å². The van der Waals surface area contributed by atoms with Gasteiger partial charge in [-0.15, -0.1) is 0 Å². The Balaban J connectivity index is 1.64. The van der Waals surface area contributed by atoms with Gasteiger partial charge in [-0.05, 0) is 32.3 Å². The van der Waals surface area contributed by atoms with Gasteiger partial charge in [0, 0.05) is 58.0 Å². The third kappa shape index (κ3) is 4.30. The number of hydrogen-bond donors (Lipinski definition) is 0. The Bertz CT molecular complexity index is 931. The van der Waals surface area contributed by atoms with Crippen molar-refractivity contribution < 1.29 is 9.59 Å². The summed E-state index contributed by atoms with van der Waals surface area (Å²) in [5.74, 6) is 1.40. The number of aromatic nitrogens is 2. The van der Waals surface area contributed by atoms with Gasteiger partial charge >= 0.3 is 0 Å². The van der Waals surface area contributed by atoms with Crippen LogP contribution < -0.4 is 4.90 Å². The number of piperidine rings is 1. The van der Waals surface area contributed by atoms with Gasteiger partial charge in [-0.25, -0.2) is 9.97 Å². The third-order valence-electron chi connectivity index (χ3n) is 5.94. The van der Waals surface area contributed by atoms with Crippen LogP contribution in [0.4, 0.5) is 5.82 Å². The largest absolute Gasteiger partial charge is 0.356 e. The minimum atomic E-state index is -0.0467. The molecule has 0 unspecified atom stereocenters. The summed E-state index contributed by atoms with van der Waals surface area (Å²) in [5.41, 5.74) is 2.67. The van der Waals surface area contributed by atoms with Crippen molar-refractivity contribution in [2.24, 2.45) is 0 Å². The zero-order valence-electron chi connectivity index (χ0n) is 17.8. The number of benzene rings is 1. The number of nitrogens with zero attached hydrogens (tertiary/aromatic N) is 5. The van der Waals surface area contributed by atoms with Crippen LogP contribution >= 0.6 is 0 Å². The summed E-state index contributed by atoms with van der Waals surface area (Å²) in [6, 6.07) is 8.12. The second-order valence-electron chi connectivity index (χ2n) is 8.15. The van der Waals surface area contributed by atoms with Crippen LogP contribution in [0.3, 0.4) is 0 Å². The van der Waals surface area contributed by atoms with Crippen molar-refractivity contribution in [2.45, 2.75) is 33.1 Å². The van der Waals surface area contributed by atoms with E-state index >= 15 is 0 Å². The zero-order chi connectivity index (χ0) is 21.1. The molecular weight excluding hydrogens is 378 g/mol. The van der Waals surface area contributed by atoms with Crippen LogP contribution in [0.5, 0.6) is 0 Å². The Morgan fingerprint density at radius 3 is 2.30 bits per heavy atom. The third-order valence-corrected chi connectivity index (χ3v) is 5.94. The summed E-state index contributed by atoms with van der Waals surface area (Å²) in [5, 5.41) is 0. The maximum Gasteiger partial charge on any atom is 0.259 e. The van der Waals surface area contributed by atoms with Crippen molar-refractivity contribution in [3.8, 4) is 11.4 Å². The van der Waals surface area contributed by atoms with E-state index in [1.54, 1.807) is 18.0 Å². The summed E-state index contributed by atoms with van der Waals surface area (Å²) in [6.07, 6.45) is 5.11. The number of hydrogen-bond acceptors (Lipinski definition) is 5. The van der Waals surface area contributed by atoms with Crippen molar-refractivity contribution in [3.63, 3.8) is 0 Å².